The van der Waals surface area contributed by atoms with E-state index in [1.807, 2.05) is 14.1 Å². The van der Waals surface area contributed by atoms with Gasteiger partial charge in [0.05, 0.1) is 0 Å². The lowest BCUT2D eigenvalue weighted by Gasteiger charge is -2.05. The second-order valence-electron chi connectivity index (χ2n) is 3.12. The first-order valence-corrected chi connectivity index (χ1v) is 5.15. The van der Waals surface area contributed by atoms with Crippen LogP contribution in [0.4, 0.5) is 4.39 Å². The Labute approximate surface area is 93.0 Å². The Kier molecular flexibility index (Phi) is 4.19. The molecule has 0 aromatic heterocycles. The first-order valence-electron chi connectivity index (χ1n) is 4.33. The molecule has 0 aliphatic carbocycles. The molecule has 0 heterocycles. The second kappa shape index (κ2) is 5.42. The minimum atomic E-state index is -0.269. The molecule has 78 valence electrons. The van der Waals surface area contributed by atoms with E-state index in [0.717, 1.165) is 4.90 Å². The van der Waals surface area contributed by atoms with E-state index in [9.17, 15) is 4.39 Å². The summed E-state index contributed by atoms with van der Waals surface area (Å²) in [6.07, 6.45) is 1.73. The zero-order chi connectivity index (χ0) is 11.3. The quantitative estimate of drug-likeness (QED) is 0.581. The Morgan fingerprint density at radius 2 is 2.00 bits per heavy atom. The summed E-state index contributed by atoms with van der Waals surface area (Å²) in [5.41, 5.74) is 0. The molecule has 2 nitrogen and oxygen atoms in total. The molecule has 1 rings (SSSR count). The zero-order valence-corrected chi connectivity index (χ0v) is 9.38. The maximum absolute atomic E-state index is 12.6. The number of halogens is 1. The molecule has 0 unspecified atom stereocenters. The summed E-state index contributed by atoms with van der Waals surface area (Å²) in [6.45, 7) is 0. The molecule has 0 fully saturated rings. The SMILES string of the molecule is CN(C)/C=C(/C#N)Sc1ccc(F)cc1. The molecular formula is C11H11FN2S. The molecule has 0 saturated heterocycles. The second-order valence-corrected chi connectivity index (χ2v) is 4.24. The fraction of sp³-hybridized carbons (Fsp3) is 0.182. The van der Waals surface area contributed by atoms with Crippen LogP contribution in [0.2, 0.25) is 0 Å². The standard InChI is InChI=1S/C11H11FN2S/c1-14(2)8-11(7-13)15-10-5-3-9(12)4-6-10/h3-6,8H,1-2H3/b11-8-. The van der Waals surface area contributed by atoms with Crippen LogP contribution in [0.5, 0.6) is 0 Å². The van der Waals surface area contributed by atoms with Gasteiger partial charge in [-0.15, -0.1) is 0 Å². The Balaban J connectivity index is 2.77. The van der Waals surface area contributed by atoms with Crippen LogP contribution in [0.3, 0.4) is 0 Å². The average molecular weight is 222 g/mol. The number of nitriles is 1. The third-order valence-corrected chi connectivity index (χ3v) is 2.45. The summed E-state index contributed by atoms with van der Waals surface area (Å²) >= 11 is 1.32. The van der Waals surface area contributed by atoms with Gasteiger partial charge in [-0.2, -0.15) is 5.26 Å². The number of nitrogens with zero attached hydrogens (tertiary/aromatic N) is 2. The summed E-state index contributed by atoms with van der Waals surface area (Å²) in [7, 11) is 3.70. The van der Waals surface area contributed by atoms with Crippen molar-refractivity contribution in [2.75, 3.05) is 14.1 Å². The molecule has 0 aliphatic heterocycles. The summed E-state index contributed by atoms with van der Waals surface area (Å²) in [6, 6.07) is 8.16. The molecule has 0 bridgehead atoms. The lowest BCUT2D eigenvalue weighted by molar-refractivity contribution is 0.563. The van der Waals surface area contributed by atoms with E-state index < -0.39 is 0 Å². The van der Waals surface area contributed by atoms with Crippen LogP contribution in [-0.4, -0.2) is 19.0 Å². The van der Waals surface area contributed by atoms with E-state index in [1.54, 1.807) is 23.2 Å². The van der Waals surface area contributed by atoms with Crippen LogP contribution in [0.25, 0.3) is 0 Å². The molecule has 0 N–H and O–H groups in total. The topological polar surface area (TPSA) is 27.0 Å². The van der Waals surface area contributed by atoms with E-state index in [4.69, 9.17) is 5.26 Å². The van der Waals surface area contributed by atoms with Crippen molar-refractivity contribution >= 4 is 11.8 Å². The van der Waals surface area contributed by atoms with Gasteiger partial charge < -0.3 is 4.90 Å². The van der Waals surface area contributed by atoms with Gasteiger partial charge in [0.15, 0.2) is 0 Å². The van der Waals surface area contributed by atoms with Gasteiger partial charge >= 0.3 is 0 Å². The fourth-order valence-electron chi connectivity index (χ4n) is 0.942. The minimum absolute atomic E-state index is 0.269. The minimum Gasteiger partial charge on any atom is -0.382 e. The lowest BCUT2D eigenvalue weighted by Crippen LogP contribution is -2.01. The normalized spacial score (nSPS) is 10.9. The summed E-state index contributed by atoms with van der Waals surface area (Å²) in [4.78, 5) is 3.23. The van der Waals surface area contributed by atoms with Gasteiger partial charge in [-0.1, -0.05) is 11.8 Å². The number of allylic oxidation sites excluding steroid dienone is 1. The molecule has 0 aliphatic rings. The van der Waals surface area contributed by atoms with Crippen molar-refractivity contribution in [3.05, 3.63) is 41.2 Å². The Bertz CT molecular complexity index is 390. The number of hydrogen-bond acceptors (Lipinski definition) is 3. The predicted octanol–water partition coefficient (Wildman–Crippen LogP) is 2.84. The molecule has 4 heteroatoms. The van der Waals surface area contributed by atoms with Gasteiger partial charge in [0, 0.05) is 25.2 Å². The van der Waals surface area contributed by atoms with Crippen molar-refractivity contribution in [1.82, 2.24) is 4.90 Å². The number of hydrogen-bond donors (Lipinski definition) is 0. The highest BCUT2D eigenvalue weighted by molar-refractivity contribution is 8.03. The Morgan fingerprint density at radius 1 is 1.40 bits per heavy atom. The molecule has 0 atom stereocenters. The highest BCUT2D eigenvalue weighted by atomic mass is 32.2. The summed E-state index contributed by atoms with van der Waals surface area (Å²) < 4.78 is 12.6. The van der Waals surface area contributed by atoms with Gasteiger partial charge in [0.1, 0.15) is 16.8 Å². The molecule has 1 aromatic carbocycles. The van der Waals surface area contributed by atoms with E-state index in [-0.39, 0.29) is 5.82 Å². The van der Waals surface area contributed by atoms with Crippen LogP contribution in [0, 0.1) is 17.1 Å². The van der Waals surface area contributed by atoms with Crippen molar-refractivity contribution in [2.24, 2.45) is 0 Å². The molecular weight excluding hydrogens is 211 g/mol. The van der Waals surface area contributed by atoms with Crippen LogP contribution in [-0.2, 0) is 0 Å². The Hall–Kier alpha value is -1.47. The highest BCUT2D eigenvalue weighted by Gasteiger charge is 2.00. The van der Waals surface area contributed by atoms with Gasteiger partial charge in [0.25, 0.3) is 0 Å². The van der Waals surface area contributed by atoms with Crippen molar-refractivity contribution in [1.29, 1.82) is 5.26 Å². The summed E-state index contributed by atoms with van der Waals surface area (Å²) in [5, 5.41) is 8.85. The monoisotopic (exact) mass is 222 g/mol. The van der Waals surface area contributed by atoms with E-state index in [1.165, 1.54) is 23.9 Å². The number of thioether (sulfide) groups is 1. The van der Waals surface area contributed by atoms with E-state index in [0.29, 0.717) is 4.91 Å². The Morgan fingerprint density at radius 3 is 2.47 bits per heavy atom. The molecule has 15 heavy (non-hydrogen) atoms. The smallest absolute Gasteiger partial charge is 0.123 e. The molecule has 0 saturated carbocycles. The first-order chi connectivity index (χ1) is 7.11. The number of benzene rings is 1. The van der Waals surface area contributed by atoms with Crippen LogP contribution in [0.15, 0.2) is 40.3 Å². The van der Waals surface area contributed by atoms with Crippen molar-refractivity contribution in [2.45, 2.75) is 4.90 Å². The van der Waals surface area contributed by atoms with E-state index in [2.05, 4.69) is 6.07 Å². The highest BCUT2D eigenvalue weighted by Crippen LogP contribution is 2.25. The first kappa shape index (κ1) is 11.6. The van der Waals surface area contributed by atoms with Crippen molar-refractivity contribution < 1.29 is 4.39 Å². The van der Waals surface area contributed by atoms with E-state index >= 15 is 0 Å². The third-order valence-electron chi connectivity index (χ3n) is 1.53. The molecule has 0 amide bonds. The van der Waals surface area contributed by atoms with Crippen molar-refractivity contribution in [3.8, 4) is 6.07 Å². The lowest BCUT2D eigenvalue weighted by atomic mass is 10.4. The zero-order valence-electron chi connectivity index (χ0n) is 8.57. The molecule has 1 aromatic rings. The fourth-order valence-corrected chi connectivity index (χ4v) is 1.78. The number of rotatable bonds is 3. The average Bonchev–Trinajstić information content (AvgIpc) is 2.19. The maximum atomic E-state index is 12.6. The van der Waals surface area contributed by atoms with Gasteiger partial charge in [-0.3, -0.25) is 0 Å². The predicted molar refractivity (Wildman–Crippen MR) is 59.6 cm³/mol. The maximum Gasteiger partial charge on any atom is 0.123 e. The van der Waals surface area contributed by atoms with Crippen molar-refractivity contribution in [3.63, 3.8) is 0 Å². The van der Waals surface area contributed by atoms with Crippen LogP contribution < -0.4 is 0 Å². The summed E-state index contributed by atoms with van der Waals surface area (Å²) in [5.74, 6) is -0.269. The largest absolute Gasteiger partial charge is 0.382 e. The van der Waals surface area contributed by atoms with Gasteiger partial charge in [0.2, 0.25) is 0 Å². The van der Waals surface area contributed by atoms with Crippen LogP contribution >= 0.6 is 11.8 Å². The third kappa shape index (κ3) is 4.05. The van der Waals surface area contributed by atoms with Crippen LogP contribution in [0.1, 0.15) is 0 Å². The molecule has 0 radical (unpaired) electrons. The molecule has 0 spiro atoms. The van der Waals surface area contributed by atoms with Gasteiger partial charge in [-0.25, -0.2) is 4.39 Å². The van der Waals surface area contributed by atoms with Gasteiger partial charge in [-0.05, 0) is 24.3 Å².